The van der Waals surface area contributed by atoms with Gasteiger partial charge in [0.15, 0.2) is 0 Å². The molecule has 168 valence electrons. The number of hydrogen-bond donors (Lipinski definition) is 5. The van der Waals surface area contributed by atoms with Crippen molar-refractivity contribution < 1.29 is 13.9 Å². The lowest BCUT2D eigenvalue weighted by Gasteiger charge is -2.23. The highest BCUT2D eigenvalue weighted by atomic mass is 32.1. The Labute approximate surface area is 193 Å². The Balaban J connectivity index is 1.61. The lowest BCUT2D eigenvalue weighted by molar-refractivity contribution is -0.109. The summed E-state index contributed by atoms with van der Waals surface area (Å²) in [5.74, 6) is 0.422. The number of carbonyl (C=O) groups excluding carboxylic acids is 1. The first-order chi connectivity index (χ1) is 16.0. The van der Waals surface area contributed by atoms with Crippen molar-refractivity contribution >= 4 is 43.4 Å². The van der Waals surface area contributed by atoms with Crippen molar-refractivity contribution in [1.29, 1.82) is 0 Å². The van der Waals surface area contributed by atoms with Gasteiger partial charge in [-0.3, -0.25) is 25.8 Å². The molecule has 13 heteroatoms. The summed E-state index contributed by atoms with van der Waals surface area (Å²) in [4.78, 5) is 10.4. The molecule has 1 atom stereocenters. The number of aromatic nitrogens is 4. The van der Waals surface area contributed by atoms with Gasteiger partial charge < -0.3 is 4.52 Å². The van der Waals surface area contributed by atoms with Gasteiger partial charge in [-0.15, -0.1) is 0 Å². The molecular formula is C20H19N8O3PS. The summed E-state index contributed by atoms with van der Waals surface area (Å²) in [6.07, 6.45) is 0.526. The van der Waals surface area contributed by atoms with Crippen LogP contribution in [-0.2, 0) is 9.36 Å². The van der Waals surface area contributed by atoms with Gasteiger partial charge in [0.25, 0.3) is 0 Å². The summed E-state index contributed by atoms with van der Waals surface area (Å²) in [6.45, 7) is 0. The molecule has 1 heterocycles. The average molecular weight is 482 g/mol. The number of hydrogen-bond acceptors (Lipinski definition) is 7. The fraction of sp³-hybridized carbons (Fsp3) is 0. The number of tetrazole rings is 1. The van der Waals surface area contributed by atoms with E-state index in [0.717, 1.165) is 0 Å². The molecule has 1 amide bonds. The van der Waals surface area contributed by atoms with Gasteiger partial charge in [-0.2, -0.15) is 5.21 Å². The first-order valence-corrected chi connectivity index (χ1v) is 11.6. The number of aromatic amines is 1. The molecule has 4 rings (SSSR count). The molecule has 4 aromatic rings. The van der Waals surface area contributed by atoms with Gasteiger partial charge in [0, 0.05) is 11.4 Å². The van der Waals surface area contributed by atoms with Crippen LogP contribution in [0.15, 0.2) is 78.9 Å². The van der Waals surface area contributed by atoms with Crippen LogP contribution in [0.5, 0.6) is 5.75 Å². The number of para-hydroxylation sites is 1. The summed E-state index contributed by atoms with van der Waals surface area (Å²) in [6, 6.07) is 22.7. The Morgan fingerprint density at radius 3 is 2.36 bits per heavy atom. The van der Waals surface area contributed by atoms with E-state index in [9.17, 15) is 9.36 Å². The third-order valence-corrected chi connectivity index (χ3v) is 6.10. The zero-order valence-corrected chi connectivity index (χ0v) is 18.7. The fourth-order valence-electron chi connectivity index (χ4n) is 2.86. The number of hydrazine groups is 1. The Bertz CT molecular complexity index is 1330. The Hall–Kier alpha value is -4.15. The zero-order valence-electron chi connectivity index (χ0n) is 17.0. The first kappa shape index (κ1) is 22.1. The van der Waals surface area contributed by atoms with Gasteiger partial charge >= 0.3 is 7.67 Å². The number of carbonyl (C=O) groups is 1. The van der Waals surface area contributed by atoms with Crippen LogP contribution in [0.4, 0.5) is 17.1 Å². The number of rotatable bonds is 10. The third kappa shape index (κ3) is 5.76. The SMILES string of the molecule is O=CNNc1ccc(NP(=O)(Nc2cccc(-n3[nH]nnc3=S)c2)Oc2ccccc2)cc1. The second-order valence-electron chi connectivity index (χ2n) is 6.61. The number of H-pyrrole nitrogens is 1. The van der Waals surface area contributed by atoms with Gasteiger partial charge in [0.05, 0.1) is 11.4 Å². The van der Waals surface area contributed by atoms with Crippen LogP contribution >= 0.6 is 19.9 Å². The van der Waals surface area contributed by atoms with Crippen molar-refractivity contribution in [2.24, 2.45) is 0 Å². The van der Waals surface area contributed by atoms with Crippen LogP contribution in [0, 0.1) is 4.77 Å². The van der Waals surface area contributed by atoms with E-state index in [4.69, 9.17) is 16.7 Å². The molecule has 0 saturated heterocycles. The molecule has 1 aromatic heterocycles. The van der Waals surface area contributed by atoms with Crippen molar-refractivity contribution in [3.8, 4) is 11.4 Å². The maximum Gasteiger partial charge on any atom is 0.444 e. The summed E-state index contributed by atoms with van der Waals surface area (Å²) in [7, 11) is -3.70. The maximum atomic E-state index is 13.9. The quantitative estimate of drug-likeness (QED) is 0.0978. The molecule has 0 aliphatic rings. The van der Waals surface area contributed by atoms with E-state index in [1.165, 1.54) is 4.68 Å². The van der Waals surface area contributed by atoms with E-state index < -0.39 is 7.67 Å². The highest BCUT2D eigenvalue weighted by molar-refractivity contribution is 7.71. The number of nitrogens with one attached hydrogen (secondary N) is 5. The van der Waals surface area contributed by atoms with Gasteiger partial charge in [-0.1, -0.05) is 34.6 Å². The summed E-state index contributed by atoms with van der Waals surface area (Å²) in [5, 5.41) is 16.0. The molecule has 0 radical (unpaired) electrons. The van der Waals surface area contributed by atoms with Crippen LogP contribution in [0.1, 0.15) is 0 Å². The van der Waals surface area contributed by atoms with Gasteiger partial charge in [0.1, 0.15) is 5.75 Å². The molecule has 0 aliphatic heterocycles. The van der Waals surface area contributed by atoms with Crippen LogP contribution in [0.3, 0.4) is 0 Å². The molecule has 0 bridgehead atoms. The second kappa shape index (κ2) is 9.98. The van der Waals surface area contributed by atoms with Crippen molar-refractivity contribution in [2.75, 3.05) is 15.6 Å². The lowest BCUT2D eigenvalue weighted by atomic mass is 10.3. The average Bonchev–Trinajstić information content (AvgIpc) is 3.25. The Morgan fingerprint density at radius 1 is 0.939 bits per heavy atom. The standard InChI is InChI=1S/C20H19N8O3PS/c29-14-21-22-15-9-11-16(12-10-15)24-32(30,31-19-7-2-1-3-8-19)25-17-5-4-6-18(13-17)28-20(33)23-26-27-28/h1-14,22H,(H,21,29)(H,23,27,33)(H2,24,25,30). The minimum absolute atomic E-state index is 0.256. The molecule has 0 spiro atoms. The van der Waals surface area contributed by atoms with Crippen LogP contribution < -0.4 is 25.5 Å². The minimum atomic E-state index is -3.70. The van der Waals surface area contributed by atoms with Crippen LogP contribution in [0.2, 0.25) is 0 Å². The lowest BCUT2D eigenvalue weighted by Crippen LogP contribution is -2.18. The first-order valence-electron chi connectivity index (χ1n) is 9.62. The van der Waals surface area contributed by atoms with Crippen molar-refractivity contribution in [2.45, 2.75) is 0 Å². The summed E-state index contributed by atoms with van der Waals surface area (Å²) >= 11 is 5.15. The molecule has 11 nitrogen and oxygen atoms in total. The number of nitrogens with zero attached hydrogens (tertiary/aromatic N) is 3. The van der Waals surface area contributed by atoms with Gasteiger partial charge in [-0.05, 0) is 66.8 Å². The highest BCUT2D eigenvalue weighted by Crippen LogP contribution is 2.47. The fourth-order valence-corrected chi connectivity index (χ4v) is 4.59. The highest BCUT2D eigenvalue weighted by Gasteiger charge is 2.26. The van der Waals surface area contributed by atoms with Crippen molar-refractivity contribution in [3.63, 3.8) is 0 Å². The summed E-state index contributed by atoms with van der Waals surface area (Å²) in [5.41, 5.74) is 7.41. The molecule has 0 saturated carbocycles. The van der Waals surface area contributed by atoms with E-state index in [1.807, 2.05) is 6.07 Å². The molecule has 1 unspecified atom stereocenters. The summed E-state index contributed by atoms with van der Waals surface area (Å²) < 4.78 is 21.5. The largest absolute Gasteiger partial charge is 0.444 e. The molecule has 0 aliphatic carbocycles. The maximum absolute atomic E-state index is 13.9. The smallest absolute Gasteiger partial charge is 0.414 e. The van der Waals surface area contributed by atoms with Crippen molar-refractivity contribution in [3.05, 3.63) is 83.6 Å². The predicted molar refractivity (Wildman–Crippen MR) is 128 cm³/mol. The second-order valence-corrected chi connectivity index (χ2v) is 8.71. The van der Waals surface area contributed by atoms with Gasteiger partial charge in [-0.25, -0.2) is 9.25 Å². The Kier molecular flexibility index (Phi) is 6.67. The number of benzene rings is 3. The van der Waals surface area contributed by atoms with E-state index in [2.05, 4.69) is 36.6 Å². The van der Waals surface area contributed by atoms with E-state index in [0.29, 0.717) is 34.9 Å². The molecular weight excluding hydrogens is 463 g/mol. The molecule has 0 fully saturated rings. The normalized spacial score (nSPS) is 12.2. The van der Waals surface area contributed by atoms with E-state index in [-0.39, 0.29) is 4.77 Å². The molecule has 5 N–H and O–H groups in total. The number of anilines is 3. The monoisotopic (exact) mass is 482 g/mol. The predicted octanol–water partition coefficient (Wildman–Crippen LogP) is 4.11. The van der Waals surface area contributed by atoms with E-state index in [1.54, 1.807) is 72.8 Å². The molecule has 33 heavy (non-hydrogen) atoms. The minimum Gasteiger partial charge on any atom is -0.414 e. The third-order valence-electron chi connectivity index (χ3n) is 4.27. The van der Waals surface area contributed by atoms with Gasteiger partial charge in [0.2, 0.25) is 11.2 Å². The zero-order chi connectivity index (χ0) is 23.1. The van der Waals surface area contributed by atoms with Crippen LogP contribution in [-0.4, -0.2) is 26.6 Å². The van der Waals surface area contributed by atoms with Crippen molar-refractivity contribution in [1.82, 2.24) is 25.6 Å². The van der Waals surface area contributed by atoms with Crippen LogP contribution in [0.25, 0.3) is 5.69 Å². The van der Waals surface area contributed by atoms with E-state index >= 15 is 0 Å². The topological polar surface area (TPSA) is 138 Å². The molecule has 3 aromatic carbocycles. The Morgan fingerprint density at radius 2 is 1.67 bits per heavy atom. The number of amides is 1.